The molecule has 3 rings (SSSR count). The summed E-state index contributed by atoms with van der Waals surface area (Å²) in [5, 5.41) is 4.33. The van der Waals surface area contributed by atoms with Crippen LogP contribution in [0.25, 0.3) is 11.1 Å². The van der Waals surface area contributed by atoms with Gasteiger partial charge in [-0.1, -0.05) is 15.9 Å². The van der Waals surface area contributed by atoms with Crippen LogP contribution < -0.4 is 0 Å². The zero-order chi connectivity index (χ0) is 15.9. The molecule has 1 saturated heterocycles. The number of ether oxygens (including phenoxy) is 1. The summed E-state index contributed by atoms with van der Waals surface area (Å²) >= 11 is 3.38. The van der Waals surface area contributed by atoms with Crippen molar-refractivity contribution in [2.45, 2.75) is 10.9 Å². The summed E-state index contributed by atoms with van der Waals surface area (Å²) in [7, 11) is -0.440. The number of hydrogen-bond acceptors (Lipinski definition) is 4. The van der Waals surface area contributed by atoms with Gasteiger partial charge in [0, 0.05) is 30.3 Å². The van der Waals surface area contributed by atoms with Crippen LogP contribution in [0, 0.1) is 0 Å². The van der Waals surface area contributed by atoms with E-state index in [4.69, 9.17) is 4.74 Å². The van der Waals surface area contributed by atoms with Crippen LogP contribution in [0.15, 0.2) is 40.0 Å². The maximum atomic E-state index is 12.3. The molecule has 2 aromatic rings. The summed E-state index contributed by atoms with van der Waals surface area (Å²) in [5.41, 5.74) is 1.68. The third-order valence-electron chi connectivity index (χ3n) is 3.58. The molecule has 0 unspecified atom stereocenters. The monoisotopic (exact) mass is 385 g/mol. The van der Waals surface area contributed by atoms with Gasteiger partial charge in [0.25, 0.3) is 0 Å². The van der Waals surface area contributed by atoms with E-state index in [0.717, 1.165) is 11.1 Å². The van der Waals surface area contributed by atoms with Gasteiger partial charge in [0.2, 0.25) is 10.0 Å². The van der Waals surface area contributed by atoms with Gasteiger partial charge in [0.15, 0.2) is 0 Å². The van der Waals surface area contributed by atoms with Crippen LogP contribution in [0.1, 0.15) is 6.04 Å². The molecule has 8 heteroatoms. The largest absolute Gasteiger partial charge is 0.377 e. The molecule has 0 atom stereocenters. The molecule has 0 N–H and O–H groups in total. The van der Waals surface area contributed by atoms with Crippen LogP contribution in [0.2, 0.25) is 0 Å². The van der Waals surface area contributed by atoms with Crippen molar-refractivity contribution >= 4 is 26.0 Å². The van der Waals surface area contributed by atoms with Crippen molar-refractivity contribution in [3.63, 3.8) is 0 Å². The van der Waals surface area contributed by atoms with Crippen molar-refractivity contribution in [2.75, 3.05) is 27.3 Å². The maximum absolute atomic E-state index is 12.3. The van der Waals surface area contributed by atoms with E-state index in [-0.39, 0.29) is 10.9 Å². The summed E-state index contributed by atoms with van der Waals surface area (Å²) < 4.78 is 33.5. The van der Waals surface area contributed by atoms with Gasteiger partial charge in [-0.25, -0.2) is 12.7 Å². The highest BCUT2D eigenvalue weighted by atomic mass is 79.9. The Morgan fingerprint density at radius 2 is 2.00 bits per heavy atom. The Balaban J connectivity index is 2.00. The fourth-order valence-electron chi connectivity index (χ4n) is 2.15. The molecule has 1 aliphatic heterocycles. The molecule has 1 fully saturated rings. The second-order valence-electron chi connectivity index (χ2n) is 5.36. The number of halogens is 1. The average molecular weight is 386 g/mol. The first-order valence-electron chi connectivity index (χ1n) is 6.73. The number of benzene rings is 1. The molecule has 0 aliphatic carbocycles. The minimum atomic E-state index is -3.48. The van der Waals surface area contributed by atoms with Crippen molar-refractivity contribution in [3.05, 3.63) is 35.1 Å². The highest BCUT2D eigenvalue weighted by Gasteiger charge is 2.22. The number of nitrogens with zero attached hydrogens (tertiary/aromatic N) is 3. The summed E-state index contributed by atoms with van der Waals surface area (Å²) in [6.07, 6.45) is 3.66. The van der Waals surface area contributed by atoms with Gasteiger partial charge >= 0.3 is 0 Å². The zero-order valence-electron chi connectivity index (χ0n) is 12.2. The zero-order valence-corrected chi connectivity index (χ0v) is 14.6. The van der Waals surface area contributed by atoms with Gasteiger partial charge in [-0.05, 0) is 23.8 Å². The highest BCUT2D eigenvalue weighted by molar-refractivity contribution is 9.10. The smallest absolute Gasteiger partial charge is 0.242 e. The van der Waals surface area contributed by atoms with Crippen molar-refractivity contribution in [1.29, 1.82) is 0 Å². The fourth-order valence-corrected chi connectivity index (χ4v) is 3.77. The molecule has 0 radical (unpaired) electrons. The minimum Gasteiger partial charge on any atom is -0.377 e. The van der Waals surface area contributed by atoms with Gasteiger partial charge in [0.1, 0.15) is 0 Å². The van der Waals surface area contributed by atoms with Gasteiger partial charge in [-0.2, -0.15) is 5.10 Å². The van der Waals surface area contributed by atoms with E-state index >= 15 is 0 Å². The van der Waals surface area contributed by atoms with Gasteiger partial charge in [-0.15, -0.1) is 0 Å². The predicted octanol–water partition coefficient (Wildman–Crippen LogP) is 2.13. The van der Waals surface area contributed by atoms with Crippen molar-refractivity contribution < 1.29 is 13.2 Å². The van der Waals surface area contributed by atoms with Gasteiger partial charge in [-0.3, -0.25) is 4.68 Å². The molecule has 118 valence electrons. The van der Waals surface area contributed by atoms with E-state index in [0.29, 0.717) is 17.7 Å². The Bertz CT molecular complexity index is 797. The Hall–Kier alpha value is -1.22. The SMILES string of the molecule is CN(C)S(=O)(=O)c1cc(Br)cc(-c2cnn(C3COC3)c2)c1. The van der Waals surface area contributed by atoms with Crippen LogP contribution in [0.5, 0.6) is 0 Å². The molecule has 6 nitrogen and oxygen atoms in total. The quantitative estimate of drug-likeness (QED) is 0.808. The molecular weight excluding hydrogens is 370 g/mol. The van der Waals surface area contributed by atoms with Gasteiger partial charge < -0.3 is 4.74 Å². The molecule has 0 saturated carbocycles. The first-order chi connectivity index (χ1) is 10.4. The Kier molecular flexibility index (Phi) is 4.11. The lowest BCUT2D eigenvalue weighted by Crippen LogP contribution is -2.30. The van der Waals surface area contributed by atoms with E-state index in [1.54, 1.807) is 18.3 Å². The first-order valence-corrected chi connectivity index (χ1v) is 8.96. The molecule has 1 aromatic carbocycles. The lowest BCUT2D eigenvalue weighted by Gasteiger charge is -2.25. The molecule has 2 heterocycles. The fraction of sp³-hybridized carbons (Fsp3) is 0.357. The second kappa shape index (κ2) is 5.77. The van der Waals surface area contributed by atoms with Gasteiger partial charge in [0.05, 0.1) is 30.3 Å². The van der Waals surface area contributed by atoms with Crippen molar-refractivity contribution in [3.8, 4) is 11.1 Å². The number of hydrogen-bond donors (Lipinski definition) is 0. The third-order valence-corrected chi connectivity index (χ3v) is 5.83. The average Bonchev–Trinajstić information content (AvgIpc) is 2.85. The maximum Gasteiger partial charge on any atom is 0.242 e. The summed E-state index contributed by atoms with van der Waals surface area (Å²) in [5.74, 6) is 0. The molecule has 22 heavy (non-hydrogen) atoms. The topological polar surface area (TPSA) is 64.4 Å². The van der Waals surface area contributed by atoms with Crippen LogP contribution in [0.4, 0.5) is 0 Å². The van der Waals surface area contributed by atoms with Crippen LogP contribution in [0.3, 0.4) is 0 Å². The third kappa shape index (κ3) is 2.83. The Morgan fingerprint density at radius 1 is 1.27 bits per heavy atom. The molecule has 1 aliphatic rings. The molecule has 0 spiro atoms. The lowest BCUT2D eigenvalue weighted by molar-refractivity contribution is -0.0286. The van der Waals surface area contributed by atoms with Crippen LogP contribution in [-0.2, 0) is 14.8 Å². The summed E-state index contributed by atoms with van der Waals surface area (Å²) in [6.45, 7) is 1.33. The normalized spacial score (nSPS) is 16.0. The Labute approximate surface area is 137 Å². The number of sulfonamides is 1. The van der Waals surface area contributed by atoms with E-state index in [9.17, 15) is 8.42 Å². The van der Waals surface area contributed by atoms with Crippen molar-refractivity contribution in [1.82, 2.24) is 14.1 Å². The van der Waals surface area contributed by atoms with Crippen molar-refractivity contribution in [2.24, 2.45) is 0 Å². The van der Waals surface area contributed by atoms with Crippen LogP contribution >= 0.6 is 15.9 Å². The number of aromatic nitrogens is 2. The molecular formula is C14H16BrN3O3S. The summed E-state index contributed by atoms with van der Waals surface area (Å²) in [4.78, 5) is 0.251. The lowest BCUT2D eigenvalue weighted by atomic mass is 10.1. The van der Waals surface area contributed by atoms with E-state index in [2.05, 4.69) is 21.0 Å². The second-order valence-corrected chi connectivity index (χ2v) is 8.43. The van der Waals surface area contributed by atoms with E-state index in [1.807, 2.05) is 16.9 Å². The Morgan fingerprint density at radius 3 is 2.59 bits per heavy atom. The molecule has 0 amide bonds. The predicted molar refractivity (Wildman–Crippen MR) is 86.1 cm³/mol. The minimum absolute atomic E-state index is 0.251. The molecule has 1 aromatic heterocycles. The summed E-state index contributed by atoms with van der Waals surface area (Å²) in [6, 6.07) is 5.42. The standard InChI is InChI=1S/C14H16BrN3O3S/c1-17(2)22(19,20)14-4-10(3-12(15)5-14)11-6-16-18(7-11)13-8-21-9-13/h3-7,13H,8-9H2,1-2H3. The molecule has 0 bridgehead atoms. The van der Waals surface area contributed by atoms with E-state index < -0.39 is 10.0 Å². The van der Waals surface area contributed by atoms with E-state index in [1.165, 1.54) is 18.4 Å². The van der Waals surface area contributed by atoms with Crippen LogP contribution in [-0.4, -0.2) is 49.8 Å². The highest BCUT2D eigenvalue weighted by Crippen LogP contribution is 2.29. The number of rotatable bonds is 4. The first kappa shape index (κ1) is 15.7.